The number of hydrogen-bond donors (Lipinski definition) is 1. The van der Waals surface area contributed by atoms with Crippen LogP contribution < -0.4 is 14.8 Å². The van der Waals surface area contributed by atoms with Crippen LogP contribution in [0.3, 0.4) is 0 Å². The van der Waals surface area contributed by atoms with Crippen LogP contribution in [0.5, 0.6) is 11.5 Å². The predicted octanol–water partition coefficient (Wildman–Crippen LogP) is 3.79. The molecule has 21 heavy (non-hydrogen) atoms. The van der Waals surface area contributed by atoms with Gasteiger partial charge in [0.25, 0.3) is 0 Å². The van der Waals surface area contributed by atoms with E-state index in [-0.39, 0.29) is 0 Å². The van der Waals surface area contributed by atoms with Crippen molar-refractivity contribution >= 4 is 0 Å². The van der Waals surface area contributed by atoms with Crippen LogP contribution in [0.4, 0.5) is 0 Å². The molecule has 2 unspecified atom stereocenters. The highest BCUT2D eigenvalue weighted by molar-refractivity contribution is 5.40. The van der Waals surface area contributed by atoms with Gasteiger partial charge in [0.05, 0.1) is 14.2 Å². The molecule has 0 aromatic heterocycles. The fourth-order valence-electron chi connectivity index (χ4n) is 3.25. The summed E-state index contributed by atoms with van der Waals surface area (Å²) < 4.78 is 10.7. The Bertz CT molecular complexity index is 496. The van der Waals surface area contributed by atoms with E-state index in [1.54, 1.807) is 14.2 Å². The first kappa shape index (κ1) is 15.9. The largest absolute Gasteiger partial charge is 0.497 e. The molecule has 1 aliphatic rings. The van der Waals surface area contributed by atoms with Crippen molar-refractivity contribution in [2.45, 2.75) is 33.2 Å². The summed E-state index contributed by atoms with van der Waals surface area (Å²) in [5, 5.41) is 3.58. The molecule has 0 amide bonds. The van der Waals surface area contributed by atoms with Gasteiger partial charge in [0.2, 0.25) is 0 Å². The highest BCUT2D eigenvalue weighted by atomic mass is 16.5. The molecule has 116 valence electrons. The summed E-state index contributed by atoms with van der Waals surface area (Å²) in [6.45, 7) is 6.45. The second-order valence-electron chi connectivity index (χ2n) is 6.10. The molecular formula is C18H27NO2. The number of benzene rings is 1. The second kappa shape index (κ2) is 7.51. The first-order valence-corrected chi connectivity index (χ1v) is 7.71. The molecule has 1 aromatic carbocycles. The number of hydrogen-bond acceptors (Lipinski definition) is 3. The summed E-state index contributed by atoms with van der Waals surface area (Å²) in [6, 6.07) is 5.99. The minimum atomic E-state index is 0.709. The number of ether oxygens (including phenoxy) is 2. The molecule has 0 saturated carbocycles. The minimum Gasteiger partial charge on any atom is -0.497 e. The van der Waals surface area contributed by atoms with Gasteiger partial charge in [-0.1, -0.05) is 24.6 Å². The van der Waals surface area contributed by atoms with E-state index in [4.69, 9.17) is 9.47 Å². The SMILES string of the molecule is COc1ccc(CNCC2CC(C)=CC(C)C2)c(OC)c1. The summed E-state index contributed by atoms with van der Waals surface area (Å²) in [7, 11) is 3.38. The third kappa shape index (κ3) is 4.50. The molecule has 1 aliphatic carbocycles. The lowest BCUT2D eigenvalue weighted by Gasteiger charge is -2.25. The Hall–Kier alpha value is -1.48. The van der Waals surface area contributed by atoms with Gasteiger partial charge in [-0.15, -0.1) is 0 Å². The Balaban J connectivity index is 1.87. The maximum absolute atomic E-state index is 5.44. The normalized spacial score (nSPS) is 21.8. The van der Waals surface area contributed by atoms with E-state index < -0.39 is 0 Å². The summed E-state index contributed by atoms with van der Waals surface area (Å²) >= 11 is 0. The molecule has 0 radical (unpaired) electrons. The van der Waals surface area contributed by atoms with Crippen molar-refractivity contribution < 1.29 is 9.47 Å². The van der Waals surface area contributed by atoms with E-state index in [9.17, 15) is 0 Å². The fraction of sp³-hybridized carbons (Fsp3) is 0.556. The van der Waals surface area contributed by atoms with Gasteiger partial charge in [0.15, 0.2) is 0 Å². The third-order valence-corrected chi connectivity index (χ3v) is 4.13. The van der Waals surface area contributed by atoms with Gasteiger partial charge in [-0.2, -0.15) is 0 Å². The first-order chi connectivity index (χ1) is 10.1. The van der Waals surface area contributed by atoms with Crippen LogP contribution in [0.25, 0.3) is 0 Å². The maximum Gasteiger partial charge on any atom is 0.127 e. The van der Waals surface area contributed by atoms with Gasteiger partial charge in [0, 0.05) is 18.2 Å². The Morgan fingerprint density at radius 1 is 1.24 bits per heavy atom. The molecule has 0 heterocycles. The zero-order valence-electron chi connectivity index (χ0n) is 13.6. The van der Waals surface area contributed by atoms with Crippen molar-refractivity contribution in [1.82, 2.24) is 5.32 Å². The molecule has 0 fully saturated rings. The summed E-state index contributed by atoms with van der Waals surface area (Å²) in [5.41, 5.74) is 2.71. The Morgan fingerprint density at radius 3 is 2.71 bits per heavy atom. The smallest absolute Gasteiger partial charge is 0.127 e. The van der Waals surface area contributed by atoms with Gasteiger partial charge < -0.3 is 14.8 Å². The van der Waals surface area contributed by atoms with Gasteiger partial charge in [-0.3, -0.25) is 0 Å². The van der Waals surface area contributed by atoms with Crippen molar-refractivity contribution in [1.29, 1.82) is 0 Å². The quantitative estimate of drug-likeness (QED) is 0.808. The Morgan fingerprint density at radius 2 is 2.05 bits per heavy atom. The minimum absolute atomic E-state index is 0.709. The van der Waals surface area contributed by atoms with Crippen molar-refractivity contribution in [3.63, 3.8) is 0 Å². The van der Waals surface area contributed by atoms with E-state index in [0.717, 1.165) is 30.5 Å². The molecule has 2 atom stereocenters. The molecule has 0 bridgehead atoms. The first-order valence-electron chi connectivity index (χ1n) is 7.71. The average molecular weight is 289 g/mol. The zero-order chi connectivity index (χ0) is 15.2. The number of methoxy groups -OCH3 is 2. The van der Waals surface area contributed by atoms with E-state index in [0.29, 0.717) is 5.92 Å². The standard InChI is InChI=1S/C18H27NO2/c1-13-7-14(2)9-15(8-13)11-19-12-16-5-6-17(20-3)10-18(16)21-4/h5-7,10,13,15,19H,8-9,11-12H2,1-4H3. The lowest BCUT2D eigenvalue weighted by atomic mass is 9.84. The highest BCUT2D eigenvalue weighted by Crippen LogP contribution is 2.28. The van der Waals surface area contributed by atoms with Gasteiger partial charge in [0.1, 0.15) is 11.5 Å². The molecular weight excluding hydrogens is 262 g/mol. The maximum atomic E-state index is 5.44. The van der Waals surface area contributed by atoms with Crippen molar-refractivity contribution in [2.75, 3.05) is 20.8 Å². The fourth-order valence-corrected chi connectivity index (χ4v) is 3.25. The topological polar surface area (TPSA) is 30.5 Å². The van der Waals surface area contributed by atoms with Crippen LogP contribution >= 0.6 is 0 Å². The summed E-state index contributed by atoms with van der Waals surface area (Å²) in [4.78, 5) is 0. The average Bonchev–Trinajstić information content (AvgIpc) is 2.46. The molecule has 0 aliphatic heterocycles. The highest BCUT2D eigenvalue weighted by Gasteiger charge is 2.17. The van der Waals surface area contributed by atoms with E-state index in [1.165, 1.54) is 24.0 Å². The van der Waals surface area contributed by atoms with Crippen LogP contribution in [0.1, 0.15) is 32.3 Å². The van der Waals surface area contributed by atoms with Crippen LogP contribution in [0.15, 0.2) is 29.8 Å². The van der Waals surface area contributed by atoms with E-state index in [1.807, 2.05) is 12.1 Å². The monoisotopic (exact) mass is 289 g/mol. The molecule has 0 spiro atoms. The number of allylic oxidation sites excluding steroid dienone is 2. The molecule has 1 N–H and O–H groups in total. The molecule has 2 rings (SSSR count). The predicted molar refractivity (Wildman–Crippen MR) is 86.9 cm³/mol. The van der Waals surface area contributed by atoms with Gasteiger partial charge >= 0.3 is 0 Å². The van der Waals surface area contributed by atoms with Crippen molar-refractivity contribution in [3.8, 4) is 11.5 Å². The Labute approximate surface area is 128 Å². The van der Waals surface area contributed by atoms with Crippen LogP contribution in [0.2, 0.25) is 0 Å². The summed E-state index contributed by atoms with van der Waals surface area (Å²) in [5.74, 6) is 3.17. The van der Waals surface area contributed by atoms with Gasteiger partial charge in [-0.25, -0.2) is 0 Å². The van der Waals surface area contributed by atoms with Crippen molar-refractivity contribution in [2.24, 2.45) is 11.8 Å². The van der Waals surface area contributed by atoms with Crippen LogP contribution in [0, 0.1) is 11.8 Å². The lowest BCUT2D eigenvalue weighted by Crippen LogP contribution is -2.26. The second-order valence-corrected chi connectivity index (χ2v) is 6.10. The summed E-state index contributed by atoms with van der Waals surface area (Å²) in [6.07, 6.45) is 4.91. The lowest BCUT2D eigenvalue weighted by molar-refractivity contribution is 0.373. The van der Waals surface area contributed by atoms with Gasteiger partial charge in [-0.05, 0) is 44.2 Å². The van der Waals surface area contributed by atoms with Crippen LogP contribution in [-0.4, -0.2) is 20.8 Å². The van der Waals surface area contributed by atoms with Crippen LogP contribution in [-0.2, 0) is 6.54 Å². The molecule has 0 saturated heterocycles. The van der Waals surface area contributed by atoms with E-state index >= 15 is 0 Å². The molecule has 1 aromatic rings. The van der Waals surface area contributed by atoms with Crippen molar-refractivity contribution in [3.05, 3.63) is 35.4 Å². The zero-order valence-corrected chi connectivity index (χ0v) is 13.6. The van der Waals surface area contributed by atoms with E-state index in [2.05, 4.69) is 31.3 Å². The third-order valence-electron chi connectivity index (χ3n) is 4.13. The number of rotatable bonds is 6. The Kier molecular flexibility index (Phi) is 5.68. The molecule has 3 heteroatoms. The molecule has 3 nitrogen and oxygen atoms in total. The number of nitrogens with one attached hydrogen (secondary N) is 1.